The molecule has 0 saturated heterocycles. The number of aliphatic imine (C=N–C) groups is 1. The van der Waals surface area contributed by atoms with Gasteiger partial charge in [0, 0.05) is 15.5 Å². The van der Waals surface area contributed by atoms with E-state index < -0.39 is 0 Å². The molecule has 0 radical (unpaired) electrons. The fourth-order valence-corrected chi connectivity index (χ4v) is 6.69. The van der Waals surface area contributed by atoms with Crippen LogP contribution in [0.4, 0.5) is 0 Å². The van der Waals surface area contributed by atoms with Crippen LogP contribution in [0.3, 0.4) is 0 Å². The second-order valence-corrected chi connectivity index (χ2v) is 10.2. The number of hydrogen-bond donors (Lipinski definition) is 1. The largest absolute Gasteiger partial charge is 0.489 e. The molecule has 5 heteroatoms. The van der Waals surface area contributed by atoms with Gasteiger partial charge in [0.25, 0.3) is 0 Å². The first-order valence-corrected chi connectivity index (χ1v) is 12.2. The average molecular weight is 423 g/mol. The number of nitrogens with two attached hydrogens (primary N) is 1. The van der Waals surface area contributed by atoms with Gasteiger partial charge in [-0.15, -0.1) is 11.3 Å². The lowest BCUT2D eigenvalue weighted by Gasteiger charge is -2.36. The van der Waals surface area contributed by atoms with Crippen molar-refractivity contribution in [2.75, 3.05) is 12.4 Å². The van der Waals surface area contributed by atoms with E-state index in [9.17, 15) is 0 Å². The molecule has 150 valence electrons. The van der Waals surface area contributed by atoms with Crippen LogP contribution in [-0.2, 0) is 12.0 Å². The number of ether oxygens (including phenoxy) is 1. The Morgan fingerprint density at radius 2 is 2.14 bits per heavy atom. The van der Waals surface area contributed by atoms with Crippen molar-refractivity contribution in [2.45, 2.75) is 44.1 Å². The Bertz CT molecular complexity index is 1000. The third-order valence-corrected chi connectivity index (χ3v) is 8.03. The standard InChI is InChI=1S/C24H26N2OS2/c25-23-26-24(12-13-28-23)11-5-10-21-20(24)15-22(29-21)18-8-4-9-19(14-18)27-16-17-6-2-1-3-7-17/h2,4,6-9,14-15H,1,3,5,10-13,16H2,(H2,25,26). The first-order valence-electron chi connectivity index (χ1n) is 10.4. The molecule has 0 bridgehead atoms. The molecule has 2 aromatic rings. The summed E-state index contributed by atoms with van der Waals surface area (Å²) in [4.78, 5) is 7.74. The van der Waals surface area contributed by atoms with E-state index in [0.29, 0.717) is 6.61 Å². The summed E-state index contributed by atoms with van der Waals surface area (Å²) >= 11 is 3.61. The summed E-state index contributed by atoms with van der Waals surface area (Å²) in [5, 5.41) is 0.748. The summed E-state index contributed by atoms with van der Waals surface area (Å²) in [5.74, 6) is 1.99. The summed E-state index contributed by atoms with van der Waals surface area (Å²) in [5.41, 5.74) is 9.94. The number of fused-ring (bicyclic) bond motifs is 2. The van der Waals surface area contributed by atoms with Gasteiger partial charge in [-0.1, -0.05) is 42.1 Å². The van der Waals surface area contributed by atoms with Crippen molar-refractivity contribution in [3.63, 3.8) is 0 Å². The summed E-state index contributed by atoms with van der Waals surface area (Å²) < 4.78 is 6.08. The molecule has 3 nitrogen and oxygen atoms in total. The van der Waals surface area contributed by atoms with E-state index in [1.54, 1.807) is 11.8 Å². The third kappa shape index (κ3) is 3.90. The normalized spacial score (nSPS) is 23.4. The van der Waals surface area contributed by atoms with E-state index >= 15 is 0 Å². The van der Waals surface area contributed by atoms with Crippen molar-refractivity contribution in [1.29, 1.82) is 0 Å². The smallest absolute Gasteiger partial charge is 0.154 e. The minimum atomic E-state index is -0.0917. The van der Waals surface area contributed by atoms with Gasteiger partial charge >= 0.3 is 0 Å². The Morgan fingerprint density at radius 3 is 3.00 bits per heavy atom. The minimum Gasteiger partial charge on any atom is -0.489 e. The maximum absolute atomic E-state index is 6.12. The molecule has 2 N–H and O–H groups in total. The zero-order valence-corrected chi connectivity index (χ0v) is 18.2. The van der Waals surface area contributed by atoms with Crippen LogP contribution in [-0.4, -0.2) is 17.5 Å². The maximum Gasteiger partial charge on any atom is 0.154 e. The average Bonchev–Trinajstić information content (AvgIpc) is 3.20. The van der Waals surface area contributed by atoms with Crippen LogP contribution < -0.4 is 10.5 Å². The molecule has 29 heavy (non-hydrogen) atoms. The summed E-state index contributed by atoms with van der Waals surface area (Å²) in [7, 11) is 0. The van der Waals surface area contributed by atoms with Gasteiger partial charge in [-0.05, 0) is 73.4 Å². The molecular formula is C24H26N2OS2. The van der Waals surface area contributed by atoms with E-state index in [0.717, 1.165) is 48.8 Å². The van der Waals surface area contributed by atoms with E-state index in [2.05, 4.69) is 48.6 Å². The first kappa shape index (κ1) is 19.0. The Hall–Kier alpha value is -1.98. The van der Waals surface area contributed by atoms with Gasteiger partial charge in [-0.25, -0.2) is 0 Å². The van der Waals surface area contributed by atoms with E-state index in [1.807, 2.05) is 11.3 Å². The van der Waals surface area contributed by atoms with Crippen LogP contribution in [0.25, 0.3) is 10.4 Å². The van der Waals surface area contributed by atoms with E-state index in [4.69, 9.17) is 15.5 Å². The fourth-order valence-electron chi connectivity index (χ4n) is 4.51. The van der Waals surface area contributed by atoms with Crippen LogP contribution in [0, 0.1) is 0 Å². The Morgan fingerprint density at radius 1 is 1.17 bits per heavy atom. The van der Waals surface area contributed by atoms with Crippen molar-refractivity contribution in [3.05, 3.63) is 64.6 Å². The zero-order chi connectivity index (χ0) is 19.7. The van der Waals surface area contributed by atoms with Crippen molar-refractivity contribution in [3.8, 4) is 16.2 Å². The first-order chi connectivity index (χ1) is 14.2. The molecule has 0 saturated carbocycles. The molecule has 1 unspecified atom stereocenters. The van der Waals surface area contributed by atoms with Gasteiger partial charge in [-0.3, -0.25) is 4.99 Å². The molecule has 1 aliphatic heterocycles. The number of amidine groups is 1. The van der Waals surface area contributed by atoms with Crippen LogP contribution in [0.5, 0.6) is 5.75 Å². The van der Waals surface area contributed by atoms with E-state index in [1.165, 1.54) is 32.9 Å². The molecule has 1 spiro atoms. The van der Waals surface area contributed by atoms with Gasteiger partial charge in [0.2, 0.25) is 0 Å². The topological polar surface area (TPSA) is 47.6 Å². The Balaban J connectivity index is 1.41. The highest BCUT2D eigenvalue weighted by atomic mass is 32.2. The molecule has 2 aliphatic carbocycles. The van der Waals surface area contributed by atoms with Gasteiger partial charge in [0.1, 0.15) is 12.4 Å². The van der Waals surface area contributed by atoms with Gasteiger partial charge in [0.05, 0.1) is 5.54 Å². The highest BCUT2D eigenvalue weighted by Gasteiger charge is 2.39. The number of hydrogen-bond acceptors (Lipinski definition) is 5. The fraction of sp³-hybridized carbons (Fsp3) is 0.375. The van der Waals surface area contributed by atoms with Crippen molar-refractivity contribution in [1.82, 2.24) is 0 Å². The quantitative estimate of drug-likeness (QED) is 0.652. The molecular weight excluding hydrogens is 396 g/mol. The number of aryl methyl sites for hydroxylation is 1. The molecule has 1 atom stereocenters. The Labute approximate surface area is 180 Å². The van der Waals surface area contributed by atoms with E-state index in [-0.39, 0.29) is 5.54 Å². The molecule has 1 aromatic carbocycles. The van der Waals surface area contributed by atoms with Crippen LogP contribution in [0.1, 0.15) is 42.5 Å². The lowest BCUT2D eigenvalue weighted by molar-refractivity contribution is 0.355. The van der Waals surface area contributed by atoms with Crippen molar-refractivity contribution in [2.24, 2.45) is 10.7 Å². The van der Waals surface area contributed by atoms with Gasteiger partial charge in [-0.2, -0.15) is 0 Å². The molecule has 2 heterocycles. The number of thioether (sulfide) groups is 1. The Kier molecular flexibility index (Phi) is 5.27. The molecule has 3 aliphatic rings. The number of nitrogens with zero attached hydrogens (tertiary/aromatic N) is 1. The van der Waals surface area contributed by atoms with Crippen molar-refractivity contribution < 1.29 is 4.74 Å². The number of allylic oxidation sites excluding steroid dienone is 2. The van der Waals surface area contributed by atoms with Crippen molar-refractivity contribution >= 4 is 28.3 Å². The molecule has 1 aromatic heterocycles. The predicted octanol–water partition coefficient (Wildman–Crippen LogP) is 6.05. The second-order valence-electron chi connectivity index (χ2n) is 7.96. The summed E-state index contributed by atoms with van der Waals surface area (Å²) in [6.45, 7) is 0.635. The third-order valence-electron chi connectivity index (χ3n) is 5.99. The predicted molar refractivity (Wildman–Crippen MR) is 125 cm³/mol. The zero-order valence-electron chi connectivity index (χ0n) is 16.5. The number of thiophene rings is 1. The second kappa shape index (κ2) is 8.04. The summed E-state index contributed by atoms with van der Waals surface area (Å²) in [6, 6.07) is 10.9. The van der Waals surface area contributed by atoms with Crippen LogP contribution >= 0.6 is 23.1 Å². The van der Waals surface area contributed by atoms with Crippen LogP contribution in [0.15, 0.2) is 59.1 Å². The summed E-state index contributed by atoms with van der Waals surface area (Å²) in [6.07, 6.45) is 13.5. The lowest BCUT2D eigenvalue weighted by atomic mass is 9.78. The molecule has 5 rings (SSSR count). The van der Waals surface area contributed by atoms with Gasteiger partial charge < -0.3 is 10.5 Å². The SMILES string of the molecule is NC1=NC2(CCCc3sc(-c4cccc(OCC5=CCCC=C5)c4)cc32)CCS1. The maximum atomic E-state index is 6.12. The highest BCUT2D eigenvalue weighted by Crippen LogP contribution is 2.49. The lowest BCUT2D eigenvalue weighted by Crippen LogP contribution is -2.34. The van der Waals surface area contributed by atoms with Crippen LogP contribution in [0.2, 0.25) is 0 Å². The minimum absolute atomic E-state index is 0.0917. The molecule has 0 fully saturated rings. The monoisotopic (exact) mass is 422 g/mol. The van der Waals surface area contributed by atoms with Gasteiger partial charge in [0.15, 0.2) is 5.17 Å². The number of rotatable bonds is 4. The highest BCUT2D eigenvalue weighted by molar-refractivity contribution is 8.13. The number of benzene rings is 1. The molecule has 0 amide bonds.